The van der Waals surface area contributed by atoms with E-state index < -0.39 is 0 Å². The summed E-state index contributed by atoms with van der Waals surface area (Å²) in [5.41, 5.74) is 1.70. The van der Waals surface area contributed by atoms with E-state index in [0.717, 1.165) is 0 Å². The van der Waals surface area contributed by atoms with Crippen LogP contribution in [0.5, 0.6) is 0 Å². The van der Waals surface area contributed by atoms with Crippen molar-refractivity contribution in [1.82, 2.24) is 4.98 Å². The van der Waals surface area contributed by atoms with E-state index in [1.165, 1.54) is 11.8 Å². The zero-order valence-corrected chi connectivity index (χ0v) is 9.49. The maximum Gasteiger partial charge on any atom is 0.317 e. The highest BCUT2D eigenvalue weighted by Gasteiger charge is 2.17. The van der Waals surface area contributed by atoms with Crippen molar-refractivity contribution in [3.63, 3.8) is 0 Å². The third-order valence-corrected chi connectivity index (χ3v) is 2.78. The molecule has 80 valence electrons. The molecule has 0 aliphatic heterocycles. The zero-order chi connectivity index (χ0) is 11.5. The van der Waals surface area contributed by atoms with E-state index in [0.29, 0.717) is 27.2 Å². The molecule has 0 amide bonds. The smallest absolute Gasteiger partial charge is 0.317 e. The molecular formula is C11H9N3OS. The van der Waals surface area contributed by atoms with Crippen LogP contribution in [0.3, 0.4) is 0 Å². The molecule has 0 aliphatic rings. The SMILES string of the molecule is CSCc1nc2ccccc2[n+]([O-])c1C#N. The highest BCUT2D eigenvalue weighted by atomic mass is 32.2. The highest BCUT2D eigenvalue weighted by Crippen LogP contribution is 2.14. The second-order valence-corrected chi connectivity index (χ2v) is 4.10. The van der Waals surface area contributed by atoms with E-state index in [9.17, 15) is 5.21 Å². The average Bonchev–Trinajstić information content (AvgIpc) is 2.30. The first-order valence-electron chi connectivity index (χ1n) is 4.68. The lowest BCUT2D eigenvalue weighted by atomic mass is 10.2. The molecular weight excluding hydrogens is 222 g/mol. The molecule has 2 aromatic rings. The topological polar surface area (TPSA) is 63.6 Å². The Morgan fingerprint density at radius 1 is 1.50 bits per heavy atom. The first-order chi connectivity index (χ1) is 7.77. The van der Waals surface area contributed by atoms with Gasteiger partial charge in [0.2, 0.25) is 5.52 Å². The molecule has 1 aromatic carbocycles. The second-order valence-electron chi connectivity index (χ2n) is 3.24. The van der Waals surface area contributed by atoms with Gasteiger partial charge in [-0.2, -0.15) is 21.8 Å². The molecule has 0 fully saturated rings. The monoisotopic (exact) mass is 231 g/mol. The molecule has 5 heteroatoms. The first kappa shape index (κ1) is 10.7. The van der Waals surface area contributed by atoms with Crippen molar-refractivity contribution in [3.8, 4) is 6.07 Å². The van der Waals surface area contributed by atoms with Gasteiger partial charge in [-0.3, -0.25) is 0 Å². The fourth-order valence-corrected chi connectivity index (χ4v) is 1.99. The molecule has 2 rings (SSSR count). The number of fused-ring (bicyclic) bond motifs is 1. The molecule has 0 unspecified atom stereocenters. The van der Waals surface area contributed by atoms with E-state index >= 15 is 0 Å². The molecule has 0 saturated heterocycles. The van der Waals surface area contributed by atoms with E-state index in [4.69, 9.17) is 5.26 Å². The molecule has 0 bridgehead atoms. The van der Waals surface area contributed by atoms with Gasteiger partial charge in [-0.25, -0.2) is 4.98 Å². The second kappa shape index (κ2) is 4.37. The molecule has 1 heterocycles. The molecule has 0 spiro atoms. The van der Waals surface area contributed by atoms with Gasteiger partial charge in [0.15, 0.2) is 6.07 Å². The summed E-state index contributed by atoms with van der Waals surface area (Å²) in [4.78, 5) is 4.33. The molecule has 0 saturated carbocycles. The van der Waals surface area contributed by atoms with Crippen molar-refractivity contribution in [2.45, 2.75) is 5.75 Å². The minimum absolute atomic E-state index is 0.0908. The fraction of sp³-hybridized carbons (Fsp3) is 0.182. The lowest BCUT2D eigenvalue weighted by Gasteiger charge is -2.06. The summed E-state index contributed by atoms with van der Waals surface area (Å²) in [5.74, 6) is 0.565. The number of rotatable bonds is 2. The number of nitrogens with zero attached hydrogens (tertiary/aromatic N) is 3. The summed E-state index contributed by atoms with van der Waals surface area (Å²) in [6.07, 6.45) is 1.91. The molecule has 1 aromatic heterocycles. The fourth-order valence-electron chi connectivity index (χ4n) is 1.51. The van der Waals surface area contributed by atoms with Crippen molar-refractivity contribution in [3.05, 3.63) is 40.9 Å². The zero-order valence-electron chi connectivity index (χ0n) is 8.67. The summed E-state index contributed by atoms with van der Waals surface area (Å²) < 4.78 is 0.661. The molecule has 0 radical (unpaired) electrons. The third-order valence-electron chi connectivity index (χ3n) is 2.22. The average molecular weight is 231 g/mol. The number of hydrogen-bond donors (Lipinski definition) is 0. The normalized spacial score (nSPS) is 10.2. The molecule has 16 heavy (non-hydrogen) atoms. The van der Waals surface area contributed by atoms with Crippen molar-refractivity contribution in [1.29, 1.82) is 5.26 Å². The van der Waals surface area contributed by atoms with Crippen LogP contribution in [-0.4, -0.2) is 11.2 Å². The number of hydrogen-bond acceptors (Lipinski definition) is 4. The van der Waals surface area contributed by atoms with Gasteiger partial charge < -0.3 is 5.21 Å². The van der Waals surface area contributed by atoms with Crippen LogP contribution in [-0.2, 0) is 5.75 Å². The number of aromatic nitrogens is 2. The van der Waals surface area contributed by atoms with E-state index in [1.807, 2.05) is 18.4 Å². The summed E-state index contributed by atoms with van der Waals surface area (Å²) in [6, 6.07) is 8.94. The third kappa shape index (κ3) is 1.68. The van der Waals surface area contributed by atoms with Gasteiger partial charge in [-0.05, 0) is 12.3 Å². The summed E-state index contributed by atoms with van der Waals surface area (Å²) >= 11 is 1.54. The Balaban J connectivity index is 2.77. The first-order valence-corrected chi connectivity index (χ1v) is 6.07. The number of nitriles is 1. The van der Waals surface area contributed by atoms with Gasteiger partial charge in [-0.1, -0.05) is 12.1 Å². The van der Waals surface area contributed by atoms with Gasteiger partial charge in [-0.15, -0.1) is 0 Å². The van der Waals surface area contributed by atoms with Gasteiger partial charge >= 0.3 is 5.69 Å². The molecule has 0 aliphatic carbocycles. The largest absolute Gasteiger partial charge is 0.617 e. The summed E-state index contributed by atoms with van der Waals surface area (Å²) in [6.45, 7) is 0. The number of benzene rings is 1. The van der Waals surface area contributed by atoms with E-state index in [1.54, 1.807) is 18.2 Å². The lowest BCUT2D eigenvalue weighted by Crippen LogP contribution is -2.33. The van der Waals surface area contributed by atoms with Gasteiger partial charge in [0.05, 0.1) is 0 Å². The Bertz CT molecular complexity index is 577. The Morgan fingerprint density at radius 3 is 2.94 bits per heavy atom. The maximum atomic E-state index is 11.9. The Kier molecular flexibility index (Phi) is 2.93. The minimum Gasteiger partial charge on any atom is -0.617 e. The Hall–Kier alpha value is -1.80. The quantitative estimate of drug-likeness (QED) is 0.581. The minimum atomic E-state index is 0.0908. The van der Waals surface area contributed by atoms with Crippen LogP contribution in [0, 0.1) is 16.5 Å². The highest BCUT2D eigenvalue weighted by molar-refractivity contribution is 7.97. The van der Waals surface area contributed by atoms with Gasteiger partial charge in [0.1, 0.15) is 11.2 Å². The van der Waals surface area contributed by atoms with Crippen molar-refractivity contribution < 1.29 is 4.73 Å². The Labute approximate surface area is 97.1 Å². The molecule has 4 nitrogen and oxygen atoms in total. The Morgan fingerprint density at radius 2 is 2.25 bits per heavy atom. The van der Waals surface area contributed by atoms with E-state index in [-0.39, 0.29) is 5.69 Å². The van der Waals surface area contributed by atoms with Crippen LogP contribution in [0.2, 0.25) is 0 Å². The van der Waals surface area contributed by atoms with Crippen LogP contribution < -0.4 is 4.73 Å². The van der Waals surface area contributed by atoms with Crippen LogP contribution >= 0.6 is 11.8 Å². The van der Waals surface area contributed by atoms with Crippen LogP contribution in [0.1, 0.15) is 11.4 Å². The predicted octanol–water partition coefficient (Wildman–Crippen LogP) is 1.60. The maximum absolute atomic E-state index is 11.9. The molecule has 0 N–H and O–H groups in total. The lowest BCUT2D eigenvalue weighted by molar-refractivity contribution is -0.580. The predicted molar refractivity (Wildman–Crippen MR) is 62.6 cm³/mol. The van der Waals surface area contributed by atoms with E-state index in [2.05, 4.69) is 4.98 Å². The summed E-state index contributed by atoms with van der Waals surface area (Å²) in [7, 11) is 0. The van der Waals surface area contributed by atoms with Crippen molar-refractivity contribution >= 4 is 22.8 Å². The van der Waals surface area contributed by atoms with Crippen molar-refractivity contribution in [2.24, 2.45) is 0 Å². The standard InChI is InChI=1S/C11H9N3OS/c1-16-7-9-11(6-12)14(15)10-5-3-2-4-8(10)13-9/h2-5H,7H2,1H3. The van der Waals surface area contributed by atoms with Crippen molar-refractivity contribution in [2.75, 3.05) is 6.26 Å². The summed E-state index contributed by atoms with van der Waals surface area (Å²) in [5, 5.41) is 20.9. The van der Waals surface area contributed by atoms with Crippen LogP contribution in [0.15, 0.2) is 24.3 Å². The number of para-hydroxylation sites is 2. The number of thioether (sulfide) groups is 1. The van der Waals surface area contributed by atoms with Crippen LogP contribution in [0.4, 0.5) is 0 Å². The van der Waals surface area contributed by atoms with Gasteiger partial charge in [0, 0.05) is 11.8 Å². The molecule has 0 atom stereocenters. The van der Waals surface area contributed by atoms with Gasteiger partial charge in [0.25, 0.3) is 0 Å². The van der Waals surface area contributed by atoms with Crippen LogP contribution in [0.25, 0.3) is 11.0 Å².